The van der Waals surface area contributed by atoms with Gasteiger partial charge in [0.1, 0.15) is 0 Å². The van der Waals surface area contributed by atoms with Crippen molar-refractivity contribution in [1.82, 2.24) is 0 Å². The maximum Gasteiger partial charge on any atom is 0.411 e. The topological polar surface area (TPSA) is 101 Å². The fourth-order valence-electron chi connectivity index (χ4n) is 2.74. The molecule has 24 heavy (non-hydrogen) atoms. The van der Waals surface area contributed by atoms with Crippen LogP contribution in [0.1, 0.15) is 96.8 Å². The van der Waals surface area contributed by atoms with Gasteiger partial charge in [-0.3, -0.25) is 10.1 Å². The average molecular weight is 343 g/mol. The Hall–Kier alpha value is -1.59. The highest BCUT2D eigenvalue weighted by Gasteiger charge is 2.26. The Morgan fingerprint density at radius 1 is 0.792 bits per heavy atom. The van der Waals surface area contributed by atoms with Gasteiger partial charge in [-0.2, -0.15) is 0 Å². The number of carboxylic acid groups (broad SMARTS) is 1. The Kier molecular flexibility index (Phi) is 14.0. The Labute approximate surface area is 145 Å². The fourth-order valence-corrected chi connectivity index (χ4v) is 2.74. The van der Waals surface area contributed by atoms with Crippen LogP contribution in [-0.2, 0) is 4.79 Å². The molecule has 0 aromatic carbocycles. The third-order valence-corrected chi connectivity index (χ3v) is 4.18. The number of allylic oxidation sites excluding steroid dienone is 1. The number of nitro groups is 1. The first-order valence-corrected chi connectivity index (χ1v) is 9.30. The van der Waals surface area contributed by atoms with E-state index in [2.05, 4.69) is 6.92 Å². The number of rotatable bonds is 16. The lowest BCUT2D eigenvalue weighted by molar-refractivity contribution is -0.424. The highest BCUT2D eigenvalue weighted by molar-refractivity contribution is 5.84. The molecule has 0 aliphatic rings. The lowest BCUT2D eigenvalue weighted by Gasteiger charge is -2.03. The van der Waals surface area contributed by atoms with E-state index < -0.39 is 22.3 Å². The quantitative estimate of drug-likeness (QED) is 0.125. The van der Waals surface area contributed by atoms with Gasteiger partial charge >= 0.3 is 11.7 Å². The van der Waals surface area contributed by atoms with E-state index in [-0.39, 0.29) is 6.42 Å². The van der Waals surface area contributed by atoms with Crippen LogP contribution in [0.25, 0.3) is 0 Å². The maximum atomic E-state index is 10.7. The molecule has 0 heterocycles. The molecular weight excluding hydrogens is 310 g/mol. The minimum atomic E-state index is -1.69. The summed E-state index contributed by atoms with van der Waals surface area (Å²) < 4.78 is 0. The maximum absolute atomic E-state index is 10.7. The summed E-state index contributed by atoms with van der Waals surface area (Å²) in [5.41, 5.74) is -1.10. The number of hydrogen-bond acceptors (Lipinski definition) is 4. The third-order valence-electron chi connectivity index (χ3n) is 4.18. The van der Waals surface area contributed by atoms with Crippen molar-refractivity contribution in [2.45, 2.75) is 96.8 Å². The SMILES string of the molecule is CCCCCCCCCCCCCCCC(O)=C(C(=O)O)[N+](=O)[O-]. The first-order valence-electron chi connectivity index (χ1n) is 9.30. The van der Waals surface area contributed by atoms with Gasteiger partial charge in [-0.05, 0) is 6.42 Å². The zero-order valence-electron chi connectivity index (χ0n) is 15.0. The molecule has 0 atom stereocenters. The highest BCUT2D eigenvalue weighted by Crippen LogP contribution is 2.15. The molecular formula is C18H33NO5. The molecule has 0 rings (SSSR count). The average Bonchev–Trinajstić information content (AvgIpc) is 2.51. The van der Waals surface area contributed by atoms with Crippen LogP contribution in [-0.4, -0.2) is 21.1 Å². The van der Waals surface area contributed by atoms with Crippen molar-refractivity contribution < 1.29 is 19.9 Å². The molecule has 0 saturated heterocycles. The zero-order valence-corrected chi connectivity index (χ0v) is 15.0. The van der Waals surface area contributed by atoms with Crippen LogP contribution in [0.3, 0.4) is 0 Å². The van der Waals surface area contributed by atoms with Crippen molar-refractivity contribution in [3.05, 3.63) is 21.6 Å². The van der Waals surface area contributed by atoms with Crippen molar-refractivity contribution in [2.24, 2.45) is 0 Å². The molecule has 0 saturated carbocycles. The van der Waals surface area contributed by atoms with E-state index in [1.165, 1.54) is 57.8 Å². The molecule has 0 spiro atoms. The molecule has 0 fully saturated rings. The lowest BCUT2D eigenvalue weighted by atomic mass is 10.0. The molecule has 0 radical (unpaired) electrons. The first-order chi connectivity index (χ1) is 11.5. The van der Waals surface area contributed by atoms with Crippen molar-refractivity contribution in [3.63, 3.8) is 0 Å². The predicted octanol–water partition coefficient (Wildman–Crippen LogP) is 5.60. The second-order valence-electron chi connectivity index (χ2n) is 6.35. The minimum Gasteiger partial charge on any atom is -0.506 e. The van der Waals surface area contributed by atoms with E-state index >= 15 is 0 Å². The highest BCUT2D eigenvalue weighted by atomic mass is 16.6. The standard InChI is InChI=1S/C18H33NO5/c1-2-3-4-5-6-7-8-9-10-11-12-13-14-15-16(20)17(18(21)22)19(23)24/h20H,2-15H2,1H3,(H,21,22). The van der Waals surface area contributed by atoms with E-state index in [9.17, 15) is 20.0 Å². The smallest absolute Gasteiger partial charge is 0.411 e. The third kappa shape index (κ3) is 11.9. The van der Waals surface area contributed by atoms with Gasteiger partial charge in [0.2, 0.25) is 0 Å². The van der Waals surface area contributed by atoms with Gasteiger partial charge in [0.15, 0.2) is 5.76 Å². The predicted molar refractivity (Wildman–Crippen MR) is 94.6 cm³/mol. The van der Waals surface area contributed by atoms with Gasteiger partial charge in [-0.15, -0.1) is 0 Å². The van der Waals surface area contributed by atoms with Crippen LogP contribution >= 0.6 is 0 Å². The molecule has 0 aromatic heterocycles. The number of carboxylic acids is 1. The van der Waals surface area contributed by atoms with E-state index in [1.54, 1.807) is 0 Å². The van der Waals surface area contributed by atoms with Gasteiger partial charge in [0.25, 0.3) is 0 Å². The zero-order chi connectivity index (χ0) is 18.2. The normalized spacial score (nSPS) is 12.0. The van der Waals surface area contributed by atoms with Crippen molar-refractivity contribution in [2.75, 3.05) is 0 Å². The van der Waals surface area contributed by atoms with Gasteiger partial charge in [-0.25, -0.2) is 4.79 Å². The summed E-state index contributed by atoms with van der Waals surface area (Å²) in [4.78, 5) is 20.1. The van der Waals surface area contributed by atoms with E-state index in [4.69, 9.17) is 5.11 Å². The molecule has 0 unspecified atom stereocenters. The van der Waals surface area contributed by atoms with Gasteiger partial charge in [0, 0.05) is 6.42 Å². The number of aliphatic hydroxyl groups is 1. The fraction of sp³-hybridized carbons (Fsp3) is 0.833. The molecule has 0 bridgehead atoms. The van der Waals surface area contributed by atoms with E-state index in [0.717, 1.165) is 19.3 Å². The number of hydrogen-bond donors (Lipinski definition) is 2. The van der Waals surface area contributed by atoms with Crippen molar-refractivity contribution >= 4 is 5.97 Å². The number of nitrogens with zero attached hydrogens (tertiary/aromatic N) is 1. The molecule has 0 aromatic rings. The number of carbonyl (C=O) groups is 1. The van der Waals surface area contributed by atoms with Gasteiger partial charge < -0.3 is 10.2 Å². The summed E-state index contributed by atoms with van der Waals surface area (Å²) in [6, 6.07) is 0. The number of aliphatic hydroxyl groups excluding tert-OH is 1. The van der Waals surface area contributed by atoms with Gasteiger partial charge in [-0.1, -0.05) is 84.0 Å². The number of unbranched alkanes of at least 4 members (excludes halogenated alkanes) is 12. The second kappa shape index (κ2) is 15.0. The van der Waals surface area contributed by atoms with E-state index in [0.29, 0.717) is 6.42 Å². The summed E-state index contributed by atoms with van der Waals surface area (Å²) in [7, 11) is 0. The molecule has 0 amide bonds. The summed E-state index contributed by atoms with van der Waals surface area (Å²) in [5.74, 6) is -2.32. The molecule has 6 heteroatoms. The van der Waals surface area contributed by atoms with Crippen LogP contribution in [0.4, 0.5) is 0 Å². The van der Waals surface area contributed by atoms with Crippen LogP contribution in [0.2, 0.25) is 0 Å². The Morgan fingerprint density at radius 2 is 1.17 bits per heavy atom. The Morgan fingerprint density at radius 3 is 1.50 bits per heavy atom. The molecule has 0 aliphatic heterocycles. The molecule has 0 aliphatic carbocycles. The number of aliphatic carboxylic acids is 1. The summed E-state index contributed by atoms with van der Waals surface area (Å²) in [5, 5.41) is 28.7. The molecule has 2 N–H and O–H groups in total. The minimum absolute atomic E-state index is 0.0559. The Balaban J connectivity index is 3.53. The monoisotopic (exact) mass is 343 g/mol. The molecule has 140 valence electrons. The van der Waals surface area contributed by atoms with Crippen molar-refractivity contribution in [1.29, 1.82) is 0 Å². The van der Waals surface area contributed by atoms with Crippen molar-refractivity contribution in [3.8, 4) is 0 Å². The summed E-state index contributed by atoms with van der Waals surface area (Å²) in [6.07, 6.45) is 15.4. The van der Waals surface area contributed by atoms with Crippen LogP contribution < -0.4 is 0 Å². The van der Waals surface area contributed by atoms with Crippen LogP contribution in [0, 0.1) is 10.1 Å². The summed E-state index contributed by atoms with van der Waals surface area (Å²) in [6.45, 7) is 2.23. The molecule has 6 nitrogen and oxygen atoms in total. The largest absolute Gasteiger partial charge is 0.506 e. The Bertz CT molecular complexity index is 377. The van der Waals surface area contributed by atoms with E-state index in [1.807, 2.05) is 0 Å². The van der Waals surface area contributed by atoms with Gasteiger partial charge in [0.05, 0.1) is 4.92 Å². The second-order valence-corrected chi connectivity index (χ2v) is 6.35. The van der Waals surface area contributed by atoms with Crippen LogP contribution in [0.5, 0.6) is 0 Å². The lowest BCUT2D eigenvalue weighted by Crippen LogP contribution is -2.13. The van der Waals surface area contributed by atoms with Crippen LogP contribution in [0.15, 0.2) is 11.5 Å². The first kappa shape index (κ1) is 22.4. The summed E-state index contributed by atoms with van der Waals surface area (Å²) >= 11 is 0.